The summed E-state index contributed by atoms with van der Waals surface area (Å²) in [5.74, 6) is 0.822. The van der Waals surface area contributed by atoms with Crippen molar-refractivity contribution >= 4 is 15.9 Å². The first-order chi connectivity index (χ1) is 12.4. The Labute approximate surface area is 162 Å². The van der Waals surface area contributed by atoms with Crippen LogP contribution in [0.3, 0.4) is 0 Å². The molecule has 0 spiro atoms. The standard InChI is InChI=1S/C21H23BrN2O2/c1-21(2,3)14-26-17-8-6-7-15(11-17)20-12-16(13-25)23-24(20)19-10-5-4-9-18(19)22/h4-12,25H,13-14H2,1-3H3. The van der Waals surface area contributed by atoms with Gasteiger partial charge >= 0.3 is 0 Å². The van der Waals surface area contributed by atoms with Gasteiger partial charge in [0.15, 0.2) is 0 Å². The van der Waals surface area contributed by atoms with Crippen LogP contribution in [0, 0.1) is 5.41 Å². The van der Waals surface area contributed by atoms with Gasteiger partial charge in [0.25, 0.3) is 0 Å². The van der Waals surface area contributed by atoms with Gasteiger partial charge in [0, 0.05) is 10.0 Å². The zero-order valence-corrected chi connectivity index (χ0v) is 16.8. The quantitative estimate of drug-likeness (QED) is 0.622. The van der Waals surface area contributed by atoms with Crippen molar-refractivity contribution in [1.29, 1.82) is 0 Å². The average molecular weight is 415 g/mol. The maximum Gasteiger partial charge on any atom is 0.119 e. The maximum atomic E-state index is 9.55. The smallest absolute Gasteiger partial charge is 0.119 e. The van der Waals surface area contributed by atoms with Crippen LogP contribution in [0.2, 0.25) is 0 Å². The van der Waals surface area contributed by atoms with Crippen LogP contribution in [0.5, 0.6) is 5.75 Å². The molecule has 0 radical (unpaired) electrons. The number of rotatable bonds is 5. The van der Waals surface area contributed by atoms with Crippen LogP contribution in [-0.2, 0) is 6.61 Å². The topological polar surface area (TPSA) is 47.3 Å². The van der Waals surface area contributed by atoms with Crippen LogP contribution in [0.15, 0.2) is 59.1 Å². The number of hydrogen-bond donors (Lipinski definition) is 1. The molecule has 0 amide bonds. The van der Waals surface area contributed by atoms with Crippen molar-refractivity contribution < 1.29 is 9.84 Å². The summed E-state index contributed by atoms with van der Waals surface area (Å²) in [4.78, 5) is 0. The molecule has 1 aromatic heterocycles. The summed E-state index contributed by atoms with van der Waals surface area (Å²) >= 11 is 3.58. The highest BCUT2D eigenvalue weighted by molar-refractivity contribution is 9.10. The minimum Gasteiger partial charge on any atom is -0.493 e. The van der Waals surface area contributed by atoms with Gasteiger partial charge in [0.2, 0.25) is 0 Å². The van der Waals surface area contributed by atoms with E-state index in [1.807, 2.05) is 59.3 Å². The highest BCUT2D eigenvalue weighted by atomic mass is 79.9. The SMILES string of the molecule is CC(C)(C)COc1cccc(-c2cc(CO)nn2-c2ccccc2Br)c1. The van der Waals surface area contributed by atoms with E-state index in [4.69, 9.17) is 4.74 Å². The lowest BCUT2D eigenvalue weighted by Gasteiger charge is -2.19. The molecule has 0 atom stereocenters. The zero-order valence-electron chi connectivity index (χ0n) is 15.2. The predicted octanol–water partition coefficient (Wildman–Crippen LogP) is 5.22. The summed E-state index contributed by atoms with van der Waals surface area (Å²) in [6.45, 7) is 6.97. The van der Waals surface area contributed by atoms with E-state index in [9.17, 15) is 5.11 Å². The minimum atomic E-state index is -0.106. The molecule has 0 aliphatic rings. The van der Waals surface area contributed by atoms with Gasteiger partial charge in [-0.15, -0.1) is 0 Å². The molecule has 136 valence electrons. The summed E-state index contributed by atoms with van der Waals surface area (Å²) < 4.78 is 8.73. The predicted molar refractivity (Wildman–Crippen MR) is 108 cm³/mol. The lowest BCUT2D eigenvalue weighted by Crippen LogP contribution is -2.16. The molecule has 0 fully saturated rings. The van der Waals surface area contributed by atoms with Crippen LogP contribution in [0.4, 0.5) is 0 Å². The van der Waals surface area contributed by atoms with E-state index < -0.39 is 0 Å². The number of nitrogens with zero attached hydrogens (tertiary/aromatic N) is 2. The van der Waals surface area contributed by atoms with Gasteiger partial charge in [-0.2, -0.15) is 5.10 Å². The first-order valence-electron chi connectivity index (χ1n) is 8.55. The van der Waals surface area contributed by atoms with Crippen molar-refractivity contribution in [2.75, 3.05) is 6.61 Å². The van der Waals surface area contributed by atoms with Gasteiger partial charge < -0.3 is 9.84 Å². The summed E-state index contributed by atoms with van der Waals surface area (Å²) in [5.41, 5.74) is 3.53. The highest BCUT2D eigenvalue weighted by Crippen LogP contribution is 2.30. The summed E-state index contributed by atoms with van der Waals surface area (Å²) in [7, 11) is 0. The second-order valence-corrected chi connectivity index (χ2v) is 8.27. The van der Waals surface area contributed by atoms with Crippen LogP contribution >= 0.6 is 15.9 Å². The van der Waals surface area contributed by atoms with Crippen LogP contribution in [0.1, 0.15) is 26.5 Å². The van der Waals surface area contributed by atoms with Crippen LogP contribution in [0.25, 0.3) is 16.9 Å². The first kappa shape index (κ1) is 18.7. The van der Waals surface area contributed by atoms with E-state index in [1.54, 1.807) is 0 Å². The molecule has 0 aliphatic carbocycles. The fraction of sp³-hybridized carbons (Fsp3) is 0.286. The maximum absolute atomic E-state index is 9.55. The molecule has 26 heavy (non-hydrogen) atoms. The van der Waals surface area contributed by atoms with Crippen LogP contribution in [-0.4, -0.2) is 21.5 Å². The molecule has 1 N–H and O–H groups in total. The molecule has 0 saturated carbocycles. The summed E-state index contributed by atoms with van der Waals surface area (Å²) in [6.07, 6.45) is 0. The third-order valence-corrected chi connectivity index (χ3v) is 4.47. The van der Waals surface area contributed by atoms with Crippen molar-refractivity contribution in [1.82, 2.24) is 9.78 Å². The van der Waals surface area contributed by atoms with Crippen molar-refractivity contribution in [3.05, 3.63) is 64.8 Å². The van der Waals surface area contributed by atoms with E-state index >= 15 is 0 Å². The minimum absolute atomic E-state index is 0.0940. The number of halogens is 1. The number of aliphatic hydroxyl groups excluding tert-OH is 1. The largest absolute Gasteiger partial charge is 0.493 e. The lowest BCUT2D eigenvalue weighted by molar-refractivity contribution is 0.198. The van der Waals surface area contributed by atoms with Crippen molar-refractivity contribution in [2.45, 2.75) is 27.4 Å². The fourth-order valence-electron chi connectivity index (χ4n) is 2.57. The Morgan fingerprint density at radius 3 is 2.54 bits per heavy atom. The molecule has 0 aliphatic heterocycles. The van der Waals surface area contributed by atoms with Crippen molar-refractivity contribution in [3.8, 4) is 22.7 Å². The Balaban J connectivity index is 2.02. The normalized spacial score (nSPS) is 11.6. The molecular formula is C21H23BrN2O2. The molecule has 0 unspecified atom stereocenters. The number of aromatic nitrogens is 2. The molecular weight excluding hydrogens is 392 g/mol. The van der Waals surface area contributed by atoms with E-state index in [1.165, 1.54) is 0 Å². The Hall–Kier alpha value is -2.11. The number of para-hydroxylation sites is 1. The van der Waals surface area contributed by atoms with Gasteiger partial charge in [-0.1, -0.05) is 45.0 Å². The fourth-order valence-corrected chi connectivity index (χ4v) is 3.02. The monoisotopic (exact) mass is 414 g/mol. The lowest BCUT2D eigenvalue weighted by atomic mass is 9.99. The molecule has 3 rings (SSSR count). The molecule has 4 nitrogen and oxygen atoms in total. The molecule has 1 heterocycles. The molecule has 2 aromatic carbocycles. The van der Waals surface area contributed by atoms with E-state index in [0.717, 1.165) is 27.2 Å². The average Bonchev–Trinajstić information content (AvgIpc) is 3.04. The summed E-state index contributed by atoms with van der Waals surface area (Å²) in [5, 5.41) is 14.1. The van der Waals surface area contributed by atoms with Gasteiger partial charge in [-0.05, 0) is 51.7 Å². The third-order valence-electron chi connectivity index (χ3n) is 3.80. The van der Waals surface area contributed by atoms with Crippen molar-refractivity contribution in [3.63, 3.8) is 0 Å². The Morgan fingerprint density at radius 1 is 1.08 bits per heavy atom. The van der Waals surface area contributed by atoms with Gasteiger partial charge in [0.1, 0.15) is 5.75 Å². The van der Waals surface area contributed by atoms with Gasteiger partial charge in [0.05, 0.1) is 30.3 Å². The number of aliphatic hydroxyl groups is 1. The molecule has 0 bridgehead atoms. The first-order valence-corrected chi connectivity index (χ1v) is 9.35. The van der Waals surface area contributed by atoms with E-state index in [2.05, 4.69) is 41.8 Å². The molecule has 3 aromatic rings. The van der Waals surface area contributed by atoms with E-state index in [0.29, 0.717) is 12.3 Å². The third kappa shape index (κ3) is 4.34. The Bertz CT molecular complexity index is 897. The van der Waals surface area contributed by atoms with Gasteiger partial charge in [-0.3, -0.25) is 0 Å². The Kier molecular flexibility index (Phi) is 5.49. The molecule has 0 saturated heterocycles. The van der Waals surface area contributed by atoms with Crippen molar-refractivity contribution in [2.24, 2.45) is 5.41 Å². The van der Waals surface area contributed by atoms with E-state index in [-0.39, 0.29) is 12.0 Å². The van der Waals surface area contributed by atoms with Crippen LogP contribution < -0.4 is 4.74 Å². The Morgan fingerprint density at radius 2 is 1.85 bits per heavy atom. The van der Waals surface area contributed by atoms with Gasteiger partial charge in [-0.25, -0.2) is 4.68 Å². The second kappa shape index (κ2) is 7.64. The highest BCUT2D eigenvalue weighted by Gasteiger charge is 2.15. The zero-order chi connectivity index (χ0) is 18.7. The second-order valence-electron chi connectivity index (χ2n) is 7.42. The number of benzene rings is 2. The molecule has 5 heteroatoms. The summed E-state index contributed by atoms with van der Waals surface area (Å²) in [6, 6.07) is 17.8. The number of ether oxygens (including phenoxy) is 1. The number of hydrogen-bond acceptors (Lipinski definition) is 3.